The van der Waals surface area contributed by atoms with Gasteiger partial charge in [-0.1, -0.05) is 0 Å². The second-order valence-electron chi connectivity index (χ2n) is 1.81. The summed E-state index contributed by atoms with van der Waals surface area (Å²) < 4.78 is 29.2. The molecule has 0 unspecified atom stereocenters. The molecule has 0 aliphatic heterocycles. The standard InChI is InChI=1S/C6H5O3S.CHNS.Na/c7-10(8,9)6-4-2-1-3-5-6;2-1-3;/h2-5H,(H,7,8,9);2H;/q-1;;+1. The Balaban J connectivity index is 0. The Bertz CT molecular complexity index is 385. The van der Waals surface area contributed by atoms with Crippen molar-refractivity contribution >= 4 is 27.5 Å². The molecule has 70 valence electrons. The van der Waals surface area contributed by atoms with Crippen LogP contribution < -0.4 is 29.6 Å². The van der Waals surface area contributed by atoms with E-state index < -0.39 is 10.1 Å². The first-order valence-electron chi connectivity index (χ1n) is 3.00. The summed E-state index contributed by atoms with van der Waals surface area (Å²) in [7, 11) is -4.02. The Labute approximate surface area is 110 Å². The molecule has 0 aliphatic rings. The largest absolute Gasteiger partial charge is 1.00 e. The Morgan fingerprint density at radius 2 is 1.79 bits per heavy atom. The van der Waals surface area contributed by atoms with E-state index in [0.717, 1.165) is 0 Å². The van der Waals surface area contributed by atoms with Gasteiger partial charge < -0.3 is 0 Å². The SMILES string of the molecule is N=C=S.O=S(=O)(O)c1cc[c-]cc1.[Na+]. The molecule has 0 atom stereocenters. The van der Waals surface area contributed by atoms with Crippen LogP contribution in [0, 0.1) is 11.5 Å². The summed E-state index contributed by atoms with van der Waals surface area (Å²) in [6, 6.07) is 8.02. The molecule has 0 bridgehead atoms. The number of hydrogen-bond donors (Lipinski definition) is 2. The van der Waals surface area contributed by atoms with Crippen LogP contribution in [-0.4, -0.2) is 18.1 Å². The molecule has 0 spiro atoms. The zero-order valence-corrected chi connectivity index (χ0v) is 11.0. The van der Waals surface area contributed by atoms with Crippen LogP contribution >= 0.6 is 12.2 Å². The molecular formula is C7H6NNaO3S2. The van der Waals surface area contributed by atoms with E-state index in [1.165, 1.54) is 24.3 Å². The average molecular weight is 239 g/mol. The zero-order valence-electron chi connectivity index (χ0n) is 7.39. The van der Waals surface area contributed by atoms with Gasteiger partial charge in [0.05, 0.1) is 5.16 Å². The molecule has 0 saturated carbocycles. The summed E-state index contributed by atoms with van der Waals surface area (Å²) >= 11 is 3.81. The Morgan fingerprint density at radius 1 is 1.43 bits per heavy atom. The van der Waals surface area contributed by atoms with Crippen molar-refractivity contribution in [3.63, 3.8) is 0 Å². The molecule has 2 N–H and O–H groups in total. The smallest absolute Gasteiger partial charge is 0.283 e. The first kappa shape index (κ1) is 16.4. The monoisotopic (exact) mass is 239 g/mol. The maximum absolute atomic E-state index is 10.4. The molecule has 1 aromatic carbocycles. The molecule has 1 rings (SSSR count). The maximum atomic E-state index is 10.4. The van der Waals surface area contributed by atoms with Gasteiger partial charge in [0.2, 0.25) is 0 Å². The Morgan fingerprint density at radius 3 is 2.00 bits per heavy atom. The van der Waals surface area contributed by atoms with Gasteiger partial charge in [-0.3, -0.25) is 4.55 Å². The van der Waals surface area contributed by atoms with E-state index in [1.54, 1.807) is 5.16 Å². The summed E-state index contributed by atoms with van der Waals surface area (Å²) in [5.74, 6) is 0. The van der Waals surface area contributed by atoms with E-state index in [0.29, 0.717) is 0 Å². The van der Waals surface area contributed by atoms with Gasteiger partial charge in [0, 0.05) is 0 Å². The van der Waals surface area contributed by atoms with Crippen molar-refractivity contribution in [3.05, 3.63) is 30.3 Å². The number of isothiocyanates is 1. The van der Waals surface area contributed by atoms with Crippen molar-refractivity contribution in [2.45, 2.75) is 4.90 Å². The third kappa shape index (κ3) is 7.34. The van der Waals surface area contributed by atoms with Crippen LogP contribution in [0.15, 0.2) is 29.2 Å². The van der Waals surface area contributed by atoms with E-state index in [1.807, 2.05) is 0 Å². The Kier molecular flexibility index (Phi) is 9.65. The van der Waals surface area contributed by atoms with Gasteiger partial charge >= 0.3 is 29.6 Å². The molecule has 4 nitrogen and oxygen atoms in total. The topological polar surface area (TPSA) is 78.2 Å². The molecule has 0 aromatic heterocycles. The number of thiocarbonyl (C=S) groups is 1. The van der Waals surface area contributed by atoms with Crippen LogP contribution in [0.2, 0.25) is 0 Å². The predicted octanol–water partition coefficient (Wildman–Crippen LogP) is -1.59. The van der Waals surface area contributed by atoms with Gasteiger partial charge in [-0.15, -0.1) is 12.1 Å². The number of hydrogen-bond acceptors (Lipinski definition) is 4. The number of nitrogens with one attached hydrogen (secondary N) is 1. The van der Waals surface area contributed by atoms with Crippen LogP contribution in [0.1, 0.15) is 0 Å². The van der Waals surface area contributed by atoms with Crippen molar-refractivity contribution in [1.29, 1.82) is 5.41 Å². The molecule has 0 fully saturated rings. The fraction of sp³-hybridized carbons (Fsp3) is 0. The first-order chi connectivity index (χ1) is 6.02. The first-order valence-corrected chi connectivity index (χ1v) is 4.84. The summed E-state index contributed by atoms with van der Waals surface area (Å²) in [5, 5.41) is 7.36. The van der Waals surface area contributed by atoms with Gasteiger partial charge in [0.1, 0.15) is 0 Å². The van der Waals surface area contributed by atoms with Crippen molar-refractivity contribution < 1.29 is 42.5 Å². The summed E-state index contributed by atoms with van der Waals surface area (Å²) in [6.07, 6.45) is 0. The second kappa shape index (κ2) is 8.26. The molecular weight excluding hydrogens is 233 g/mol. The minimum Gasteiger partial charge on any atom is -0.283 e. The average Bonchev–Trinajstić information content (AvgIpc) is 2.06. The summed E-state index contributed by atoms with van der Waals surface area (Å²) in [5.41, 5.74) is 0. The van der Waals surface area contributed by atoms with E-state index in [-0.39, 0.29) is 34.5 Å². The fourth-order valence-electron chi connectivity index (χ4n) is 0.544. The maximum Gasteiger partial charge on any atom is 1.00 e. The van der Waals surface area contributed by atoms with Crippen LogP contribution in [0.3, 0.4) is 0 Å². The molecule has 0 saturated heterocycles. The van der Waals surface area contributed by atoms with E-state index in [9.17, 15) is 8.42 Å². The Hall–Kier alpha value is -0.0700. The van der Waals surface area contributed by atoms with Crippen LogP contribution in [0.4, 0.5) is 0 Å². The molecule has 0 amide bonds. The van der Waals surface area contributed by atoms with Gasteiger partial charge in [-0.2, -0.15) is 26.6 Å². The zero-order chi connectivity index (χ0) is 10.3. The predicted molar refractivity (Wildman–Crippen MR) is 50.4 cm³/mol. The van der Waals surface area contributed by atoms with E-state index >= 15 is 0 Å². The summed E-state index contributed by atoms with van der Waals surface area (Å²) in [6.45, 7) is 0. The van der Waals surface area contributed by atoms with Gasteiger partial charge in [-0.25, -0.2) is 5.41 Å². The molecule has 7 heteroatoms. The fourth-order valence-corrected chi connectivity index (χ4v) is 1.02. The third-order valence-electron chi connectivity index (χ3n) is 0.986. The normalized spacial score (nSPS) is 8.64. The molecule has 0 heterocycles. The number of benzene rings is 1. The van der Waals surface area contributed by atoms with Crippen molar-refractivity contribution in [2.24, 2.45) is 0 Å². The van der Waals surface area contributed by atoms with E-state index in [4.69, 9.17) is 9.96 Å². The van der Waals surface area contributed by atoms with Crippen LogP contribution in [0.5, 0.6) is 0 Å². The quantitative estimate of drug-likeness (QED) is 0.203. The number of rotatable bonds is 1. The van der Waals surface area contributed by atoms with Gasteiger partial charge in [0.15, 0.2) is 0 Å². The van der Waals surface area contributed by atoms with Gasteiger partial charge in [-0.05, 0) is 17.1 Å². The van der Waals surface area contributed by atoms with Crippen molar-refractivity contribution in [2.75, 3.05) is 0 Å². The molecule has 1 aromatic rings. The van der Waals surface area contributed by atoms with Crippen LogP contribution in [0.25, 0.3) is 0 Å². The van der Waals surface area contributed by atoms with Gasteiger partial charge in [0.25, 0.3) is 10.1 Å². The third-order valence-corrected chi connectivity index (χ3v) is 1.85. The van der Waals surface area contributed by atoms with Crippen LogP contribution in [-0.2, 0) is 10.1 Å². The second-order valence-corrected chi connectivity index (χ2v) is 3.44. The minimum absolute atomic E-state index is 0. The molecule has 0 aliphatic carbocycles. The van der Waals surface area contributed by atoms with Crippen molar-refractivity contribution in [1.82, 2.24) is 0 Å². The minimum atomic E-state index is -4.02. The molecule has 14 heavy (non-hydrogen) atoms. The van der Waals surface area contributed by atoms with Crippen molar-refractivity contribution in [3.8, 4) is 0 Å². The summed E-state index contributed by atoms with van der Waals surface area (Å²) in [4.78, 5) is -0.105. The molecule has 0 radical (unpaired) electrons. The van der Waals surface area contributed by atoms with E-state index in [2.05, 4.69) is 18.3 Å².